The molecule has 0 fully saturated rings. The van der Waals surface area contributed by atoms with Crippen molar-refractivity contribution in [2.24, 2.45) is 10.9 Å². The highest BCUT2D eigenvalue weighted by Gasteiger charge is 2.33. The molecule has 2 aromatic carbocycles. The van der Waals surface area contributed by atoms with Crippen LogP contribution in [0.5, 0.6) is 0 Å². The molecule has 0 bridgehead atoms. The molecule has 4 N–H and O–H groups in total. The van der Waals surface area contributed by atoms with Crippen LogP contribution in [-0.4, -0.2) is 24.1 Å². The number of nitrogens with two attached hydrogens (primary N) is 2. The van der Waals surface area contributed by atoms with E-state index in [0.29, 0.717) is 18.0 Å². The van der Waals surface area contributed by atoms with E-state index in [1.54, 1.807) is 31.2 Å². The van der Waals surface area contributed by atoms with Gasteiger partial charge in [0.25, 0.3) is 0 Å². The van der Waals surface area contributed by atoms with Crippen molar-refractivity contribution in [1.29, 1.82) is 0 Å². The molecular formula is C19H17F3N4O3S. The number of amides is 1. The second-order valence-electron chi connectivity index (χ2n) is 6.68. The molecule has 30 heavy (non-hydrogen) atoms. The Morgan fingerprint density at radius 2 is 1.90 bits per heavy atom. The molecule has 0 saturated carbocycles. The van der Waals surface area contributed by atoms with E-state index in [1.807, 2.05) is 0 Å². The molecule has 1 amide bonds. The van der Waals surface area contributed by atoms with Crippen molar-refractivity contribution in [2.45, 2.75) is 24.4 Å². The molecule has 0 saturated heterocycles. The fourth-order valence-corrected chi connectivity index (χ4v) is 4.12. The summed E-state index contributed by atoms with van der Waals surface area (Å²) >= 11 is 0. The summed E-state index contributed by atoms with van der Waals surface area (Å²) in [7, 11) is -4.45. The molecule has 0 aliphatic heterocycles. The van der Waals surface area contributed by atoms with Crippen LogP contribution < -0.4 is 10.9 Å². The number of hydrogen-bond acceptors (Lipinski definition) is 4. The number of primary sulfonamides is 1. The maximum atomic E-state index is 13.0. The van der Waals surface area contributed by atoms with Crippen molar-refractivity contribution in [3.05, 3.63) is 65.5 Å². The van der Waals surface area contributed by atoms with Crippen LogP contribution in [0.2, 0.25) is 0 Å². The van der Waals surface area contributed by atoms with E-state index in [1.165, 1.54) is 12.1 Å². The van der Waals surface area contributed by atoms with Gasteiger partial charge in [0.2, 0.25) is 15.9 Å². The van der Waals surface area contributed by atoms with Crippen LogP contribution in [-0.2, 0) is 27.4 Å². The molecule has 0 atom stereocenters. The molecule has 0 spiro atoms. The van der Waals surface area contributed by atoms with Crippen molar-refractivity contribution >= 4 is 15.9 Å². The van der Waals surface area contributed by atoms with E-state index in [9.17, 15) is 26.4 Å². The van der Waals surface area contributed by atoms with Gasteiger partial charge in [0, 0.05) is 11.8 Å². The van der Waals surface area contributed by atoms with Gasteiger partial charge in [-0.3, -0.25) is 4.79 Å². The average molecular weight is 438 g/mol. The van der Waals surface area contributed by atoms with Crippen LogP contribution in [0.15, 0.2) is 53.7 Å². The first-order chi connectivity index (χ1) is 13.9. The smallest absolute Gasteiger partial charge is 0.369 e. The first-order valence-electron chi connectivity index (χ1n) is 8.54. The normalized spacial score (nSPS) is 12.2. The Bertz CT molecular complexity index is 1230. The fourth-order valence-electron chi connectivity index (χ4n) is 3.13. The minimum Gasteiger partial charge on any atom is -0.369 e. The molecule has 0 aliphatic rings. The number of halogens is 3. The van der Waals surface area contributed by atoms with Crippen LogP contribution in [0.1, 0.15) is 16.7 Å². The number of sulfonamides is 1. The number of aryl methyl sites for hydroxylation is 1. The van der Waals surface area contributed by atoms with Crippen LogP contribution >= 0.6 is 0 Å². The van der Waals surface area contributed by atoms with Crippen LogP contribution in [0.25, 0.3) is 16.8 Å². The molecule has 11 heteroatoms. The minimum absolute atomic E-state index is 0.0848. The molecular weight excluding hydrogens is 421 g/mol. The standard InChI is InChI=1S/C19H17F3N4O3S/c1-11-3-2-4-12(7-11)17-13(8-16(23)27)5-6-15(18(17)30(24,28)29)26-10-14(9-25-26)19(20,21)22/h2-7,9-10H,8H2,1H3,(H2,23,27)(H2,24,28,29). The molecule has 0 aliphatic carbocycles. The second-order valence-corrected chi connectivity index (χ2v) is 8.18. The third-order valence-corrected chi connectivity index (χ3v) is 5.32. The van der Waals surface area contributed by atoms with Gasteiger partial charge in [0.05, 0.1) is 23.9 Å². The Balaban J connectivity index is 2.39. The zero-order valence-corrected chi connectivity index (χ0v) is 16.5. The number of hydrogen-bond donors (Lipinski definition) is 2. The Kier molecular flexibility index (Phi) is 5.44. The van der Waals surface area contributed by atoms with Crippen LogP contribution in [0, 0.1) is 6.92 Å². The summed E-state index contributed by atoms with van der Waals surface area (Å²) in [6, 6.07) is 9.39. The highest BCUT2D eigenvalue weighted by atomic mass is 32.2. The van der Waals surface area contributed by atoms with Gasteiger partial charge in [0.15, 0.2) is 0 Å². The van der Waals surface area contributed by atoms with Gasteiger partial charge in [-0.25, -0.2) is 18.2 Å². The molecule has 3 rings (SSSR count). The number of benzene rings is 2. The number of rotatable bonds is 5. The molecule has 158 valence electrons. The second kappa shape index (κ2) is 7.58. The lowest BCUT2D eigenvalue weighted by Crippen LogP contribution is -2.20. The van der Waals surface area contributed by atoms with Crippen molar-refractivity contribution < 1.29 is 26.4 Å². The first-order valence-corrected chi connectivity index (χ1v) is 10.1. The SMILES string of the molecule is Cc1cccc(-c2c(CC(N)=O)ccc(-n3cc(C(F)(F)F)cn3)c2S(N)(=O)=O)c1. The minimum atomic E-state index is -4.66. The Morgan fingerprint density at radius 3 is 2.43 bits per heavy atom. The first kappa shape index (κ1) is 21.5. The Morgan fingerprint density at radius 1 is 1.20 bits per heavy atom. The lowest BCUT2D eigenvalue weighted by Gasteiger charge is -2.18. The van der Waals surface area contributed by atoms with Crippen molar-refractivity contribution in [3.63, 3.8) is 0 Å². The highest BCUT2D eigenvalue weighted by Crippen LogP contribution is 2.36. The van der Waals surface area contributed by atoms with Crippen molar-refractivity contribution in [2.75, 3.05) is 0 Å². The van der Waals surface area contributed by atoms with Crippen LogP contribution in [0.3, 0.4) is 0 Å². The molecule has 0 unspecified atom stereocenters. The van der Waals surface area contributed by atoms with E-state index in [2.05, 4.69) is 5.10 Å². The van der Waals surface area contributed by atoms with E-state index >= 15 is 0 Å². The fraction of sp³-hybridized carbons (Fsp3) is 0.158. The molecule has 1 heterocycles. The lowest BCUT2D eigenvalue weighted by molar-refractivity contribution is -0.137. The zero-order valence-electron chi connectivity index (χ0n) is 15.6. The van der Waals surface area contributed by atoms with Gasteiger partial charge < -0.3 is 5.73 Å². The average Bonchev–Trinajstić information content (AvgIpc) is 3.10. The predicted octanol–water partition coefficient (Wildman–Crippen LogP) is 2.54. The summed E-state index contributed by atoms with van der Waals surface area (Å²) in [6.45, 7) is 1.78. The quantitative estimate of drug-likeness (QED) is 0.636. The molecule has 0 radical (unpaired) electrons. The van der Waals surface area contributed by atoms with Crippen molar-refractivity contribution in [1.82, 2.24) is 9.78 Å². The molecule has 1 aromatic heterocycles. The summed E-state index contributed by atoms with van der Waals surface area (Å²) in [5, 5.41) is 9.11. The maximum Gasteiger partial charge on any atom is 0.419 e. The molecule has 7 nitrogen and oxygen atoms in total. The van der Waals surface area contributed by atoms with Crippen LogP contribution in [0.4, 0.5) is 13.2 Å². The van der Waals surface area contributed by atoms with Gasteiger partial charge in [-0.1, -0.05) is 35.9 Å². The van der Waals surface area contributed by atoms with E-state index in [0.717, 1.165) is 10.2 Å². The van der Waals surface area contributed by atoms with Gasteiger partial charge in [-0.2, -0.15) is 18.3 Å². The summed E-state index contributed by atoms with van der Waals surface area (Å²) in [5.74, 6) is -0.713. The summed E-state index contributed by atoms with van der Waals surface area (Å²) < 4.78 is 64.9. The topological polar surface area (TPSA) is 121 Å². The predicted molar refractivity (Wildman–Crippen MR) is 103 cm³/mol. The summed E-state index contributed by atoms with van der Waals surface area (Å²) in [6.07, 6.45) is -3.71. The van der Waals surface area contributed by atoms with Gasteiger partial charge in [-0.15, -0.1) is 0 Å². The highest BCUT2D eigenvalue weighted by molar-refractivity contribution is 7.89. The number of carbonyl (C=O) groups excluding carboxylic acids is 1. The monoisotopic (exact) mass is 438 g/mol. The van der Waals surface area contributed by atoms with E-state index in [-0.39, 0.29) is 23.2 Å². The van der Waals surface area contributed by atoms with Gasteiger partial charge >= 0.3 is 6.18 Å². The van der Waals surface area contributed by atoms with E-state index < -0.39 is 32.6 Å². The lowest BCUT2D eigenvalue weighted by atomic mass is 9.95. The van der Waals surface area contributed by atoms with Gasteiger partial charge in [0.1, 0.15) is 4.90 Å². The Labute approximate surface area is 170 Å². The van der Waals surface area contributed by atoms with Gasteiger partial charge in [-0.05, 0) is 24.1 Å². The third kappa shape index (κ3) is 4.36. The largest absolute Gasteiger partial charge is 0.419 e. The number of nitrogens with zero attached hydrogens (tertiary/aromatic N) is 2. The number of aromatic nitrogens is 2. The summed E-state index contributed by atoms with van der Waals surface area (Å²) in [5.41, 5.74) is 5.62. The maximum absolute atomic E-state index is 13.0. The van der Waals surface area contributed by atoms with Crippen molar-refractivity contribution in [3.8, 4) is 16.8 Å². The number of carbonyl (C=O) groups is 1. The number of alkyl halides is 3. The zero-order chi connectivity index (χ0) is 22.3. The Hall–Kier alpha value is -3.18. The number of primary amides is 1. The van der Waals surface area contributed by atoms with E-state index in [4.69, 9.17) is 10.9 Å². The molecule has 3 aromatic rings. The summed E-state index contributed by atoms with van der Waals surface area (Å²) in [4.78, 5) is 11.1. The third-order valence-electron chi connectivity index (χ3n) is 4.34.